The second kappa shape index (κ2) is 4.24. The van der Waals surface area contributed by atoms with Crippen molar-refractivity contribution in [2.75, 3.05) is 7.11 Å². The summed E-state index contributed by atoms with van der Waals surface area (Å²) in [5.74, 6) is 0.500. The second-order valence-electron chi connectivity index (χ2n) is 2.59. The summed E-state index contributed by atoms with van der Waals surface area (Å²) in [6.07, 6.45) is 1.63. The highest BCUT2D eigenvalue weighted by molar-refractivity contribution is 5.69. The van der Waals surface area contributed by atoms with Gasteiger partial charge < -0.3 is 4.74 Å². The molecule has 0 amide bonds. The number of aliphatic imine (C=N–C) groups is 1. The van der Waals surface area contributed by atoms with E-state index in [9.17, 15) is 0 Å². The zero-order valence-electron chi connectivity index (χ0n) is 7.95. The van der Waals surface area contributed by atoms with Crippen LogP contribution in [0.1, 0.15) is 11.1 Å². The Kier molecular flexibility index (Phi) is 3.03. The van der Waals surface area contributed by atoms with E-state index in [4.69, 9.17) is 10.00 Å². The molecule has 0 atom stereocenters. The van der Waals surface area contributed by atoms with Gasteiger partial charge in [0.05, 0.1) is 18.4 Å². The summed E-state index contributed by atoms with van der Waals surface area (Å²) in [4.78, 5) is 3.81. The molecule has 0 spiro atoms. The largest absolute Gasteiger partial charge is 0.495 e. The fourth-order valence-corrected chi connectivity index (χ4v) is 1.14. The van der Waals surface area contributed by atoms with Gasteiger partial charge in [0.15, 0.2) is 0 Å². The lowest BCUT2D eigenvalue weighted by molar-refractivity contribution is 0.413. The Morgan fingerprint density at radius 3 is 2.71 bits per heavy atom. The molecule has 3 nitrogen and oxygen atoms in total. The summed E-state index contributed by atoms with van der Waals surface area (Å²) in [7, 11) is 1.51. The number of rotatable bonds is 3. The van der Waals surface area contributed by atoms with E-state index in [2.05, 4.69) is 18.3 Å². The van der Waals surface area contributed by atoms with E-state index >= 15 is 0 Å². The first-order valence-electron chi connectivity index (χ1n) is 3.98. The van der Waals surface area contributed by atoms with Gasteiger partial charge in [-0.15, -0.1) is 0 Å². The highest BCUT2D eigenvalue weighted by Gasteiger charge is 2.06. The van der Waals surface area contributed by atoms with E-state index in [0.29, 0.717) is 17.0 Å². The van der Waals surface area contributed by atoms with Gasteiger partial charge >= 0.3 is 0 Å². The highest BCUT2D eigenvalue weighted by Crippen LogP contribution is 2.29. The molecule has 0 aromatic heterocycles. The first kappa shape index (κ1) is 10.0. The van der Waals surface area contributed by atoms with Gasteiger partial charge in [-0.3, -0.25) is 4.99 Å². The highest BCUT2D eigenvalue weighted by atomic mass is 16.5. The maximum atomic E-state index is 8.82. The number of hydrogen-bond donors (Lipinski definition) is 0. The van der Waals surface area contributed by atoms with Crippen LogP contribution in [0, 0.1) is 11.3 Å². The molecule has 0 bridgehead atoms. The minimum atomic E-state index is 0.467. The van der Waals surface area contributed by atoms with Crippen molar-refractivity contribution in [1.29, 1.82) is 5.26 Å². The van der Waals surface area contributed by atoms with Crippen LogP contribution in [0.4, 0.5) is 5.69 Å². The molecule has 1 aromatic rings. The van der Waals surface area contributed by atoms with Crippen LogP contribution in [0.2, 0.25) is 0 Å². The molecule has 0 aliphatic rings. The maximum absolute atomic E-state index is 8.82. The van der Waals surface area contributed by atoms with Crippen molar-refractivity contribution in [2.45, 2.75) is 0 Å². The van der Waals surface area contributed by atoms with Gasteiger partial charge in [-0.25, -0.2) is 0 Å². The summed E-state index contributed by atoms with van der Waals surface area (Å²) in [6.45, 7) is 7.07. The second-order valence-corrected chi connectivity index (χ2v) is 2.59. The zero-order chi connectivity index (χ0) is 10.6. The van der Waals surface area contributed by atoms with Gasteiger partial charge in [0, 0.05) is 11.6 Å². The predicted molar refractivity (Wildman–Crippen MR) is 57.0 cm³/mol. The molecule has 0 saturated carbocycles. The third-order valence-electron chi connectivity index (χ3n) is 1.86. The lowest BCUT2D eigenvalue weighted by Gasteiger charge is -2.06. The number of nitrogens with zero attached hydrogens (tertiary/aromatic N) is 2. The molecule has 0 radical (unpaired) electrons. The predicted octanol–water partition coefficient (Wildman–Crippen LogP) is 2.54. The van der Waals surface area contributed by atoms with E-state index in [0.717, 1.165) is 5.56 Å². The minimum absolute atomic E-state index is 0.467. The van der Waals surface area contributed by atoms with Crippen LogP contribution in [0.15, 0.2) is 23.7 Å². The molecule has 0 unspecified atom stereocenters. The van der Waals surface area contributed by atoms with Crippen LogP contribution in [-0.4, -0.2) is 13.8 Å². The SMILES string of the molecule is C=Cc1cc(C#N)c(OC)cc1N=C. The Morgan fingerprint density at radius 2 is 2.29 bits per heavy atom. The van der Waals surface area contributed by atoms with Gasteiger partial charge in [-0.1, -0.05) is 12.7 Å². The number of hydrogen-bond acceptors (Lipinski definition) is 3. The standard InChI is InChI=1S/C11H10N2O/c1-4-8-5-9(7-12)11(14-3)6-10(8)13-2/h4-6H,1-2H2,3H3. The Bertz CT molecular complexity index is 416. The fraction of sp³-hybridized carbons (Fsp3) is 0.0909. The number of ether oxygens (including phenoxy) is 1. The normalized spacial score (nSPS) is 8.86. The zero-order valence-corrected chi connectivity index (χ0v) is 7.95. The van der Waals surface area contributed by atoms with Crippen molar-refractivity contribution in [3.63, 3.8) is 0 Å². The molecule has 1 rings (SSSR count). The van der Waals surface area contributed by atoms with Crippen molar-refractivity contribution in [3.8, 4) is 11.8 Å². The van der Waals surface area contributed by atoms with Crippen molar-refractivity contribution in [1.82, 2.24) is 0 Å². The number of nitriles is 1. The molecular weight excluding hydrogens is 176 g/mol. The lowest BCUT2D eigenvalue weighted by Crippen LogP contribution is -1.89. The summed E-state index contributed by atoms with van der Waals surface area (Å²) in [5.41, 5.74) is 1.91. The third-order valence-corrected chi connectivity index (χ3v) is 1.86. The molecule has 70 valence electrons. The van der Waals surface area contributed by atoms with Crippen molar-refractivity contribution in [2.24, 2.45) is 4.99 Å². The first-order valence-corrected chi connectivity index (χ1v) is 3.98. The monoisotopic (exact) mass is 186 g/mol. The number of methoxy groups -OCH3 is 1. The molecule has 0 aliphatic heterocycles. The van der Waals surface area contributed by atoms with Crippen LogP contribution < -0.4 is 4.74 Å². The molecule has 0 fully saturated rings. The Hall–Kier alpha value is -2.08. The van der Waals surface area contributed by atoms with Crippen LogP contribution >= 0.6 is 0 Å². The quantitative estimate of drug-likeness (QED) is 0.681. The Balaban J connectivity index is 3.44. The summed E-state index contributed by atoms with van der Waals surface area (Å²) in [5, 5.41) is 8.82. The summed E-state index contributed by atoms with van der Waals surface area (Å²) < 4.78 is 5.03. The van der Waals surface area contributed by atoms with E-state index in [-0.39, 0.29) is 0 Å². The summed E-state index contributed by atoms with van der Waals surface area (Å²) in [6, 6.07) is 5.38. The lowest BCUT2D eigenvalue weighted by atomic mass is 10.1. The van der Waals surface area contributed by atoms with Gasteiger partial charge in [0.2, 0.25) is 0 Å². The maximum Gasteiger partial charge on any atom is 0.138 e. The fourth-order valence-electron chi connectivity index (χ4n) is 1.14. The average molecular weight is 186 g/mol. The van der Waals surface area contributed by atoms with Gasteiger partial charge in [0.1, 0.15) is 11.8 Å². The van der Waals surface area contributed by atoms with Gasteiger partial charge in [-0.05, 0) is 12.8 Å². The van der Waals surface area contributed by atoms with Crippen LogP contribution in [-0.2, 0) is 0 Å². The molecule has 1 aromatic carbocycles. The number of benzene rings is 1. The molecule has 0 heterocycles. The van der Waals surface area contributed by atoms with Crippen LogP contribution in [0.3, 0.4) is 0 Å². The third kappa shape index (κ3) is 1.64. The molecular formula is C11H10N2O. The van der Waals surface area contributed by atoms with Gasteiger partial charge in [0.25, 0.3) is 0 Å². The smallest absolute Gasteiger partial charge is 0.138 e. The van der Waals surface area contributed by atoms with Crippen LogP contribution in [0.25, 0.3) is 6.08 Å². The van der Waals surface area contributed by atoms with Crippen molar-refractivity contribution < 1.29 is 4.74 Å². The topological polar surface area (TPSA) is 45.4 Å². The van der Waals surface area contributed by atoms with E-state index in [1.165, 1.54) is 7.11 Å². The molecule has 0 aliphatic carbocycles. The Morgan fingerprint density at radius 1 is 1.57 bits per heavy atom. The Labute approximate surface area is 83.0 Å². The molecule has 14 heavy (non-hydrogen) atoms. The van der Waals surface area contributed by atoms with E-state index in [1.807, 2.05) is 6.07 Å². The minimum Gasteiger partial charge on any atom is -0.495 e. The van der Waals surface area contributed by atoms with E-state index < -0.39 is 0 Å². The van der Waals surface area contributed by atoms with Crippen molar-refractivity contribution >= 4 is 18.5 Å². The van der Waals surface area contributed by atoms with E-state index in [1.54, 1.807) is 18.2 Å². The molecule has 0 N–H and O–H groups in total. The van der Waals surface area contributed by atoms with Crippen molar-refractivity contribution in [3.05, 3.63) is 29.8 Å². The first-order chi connectivity index (χ1) is 6.76. The summed E-state index contributed by atoms with van der Waals surface area (Å²) >= 11 is 0. The average Bonchev–Trinajstić information content (AvgIpc) is 2.26. The van der Waals surface area contributed by atoms with Gasteiger partial charge in [-0.2, -0.15) is 5.26 Å². The van der Waals surface area contributed by atoms with Crippen LogP contribution in [0.5, 0.6) is 5.75 Å². The molecule has 3 heteroatoms. The molecule has 0 saturated heterocycles.